The molecule has 8 aromatic rings. The molecule has 8 rings (SSSR count). The van der Waals surface area contributed by atoms with Crippen LogP contribution in [0.1, 0.15) is 0 Å². The van der Waals surface area contributed by atoms with Gasteiger partial charge in [-0.05, 0) is 39.8 Å². The van der Waals surface area contributed by atoms with E-state index in [-0.39, 0.29) is 0 Å². The van der Waals surface area contributed by atoms with Crippen LogP contribution in [0.2, 0.25) is 0 Å². The van der Waals surface area contributed by atoms with Crippen LogP contribution in [0.4, 0.5) is 0 Å². The fourth-order valence-electron chi connectivity index (χ4n) is 5.85. The highest BCUT2D eigenvalue weighted by Crippen LogP contribution is 2.34. The van der Waals surface area contributed by atoms with E-state index < -0.39 is 0 Å². The van der Waals surface area contributed by atoms with Gasteiger partial charge in [-0.1, -0.05) is 152 Å². The maximum absolute atomic E-state index is 5.15. The zero-order valence-corrected chi connectivity index (χ0v) is 23.9. The number of hydrogen-bond acceptors (Lipinski definition) is 3. The molecule has 2 heterocycles. The zero-order chi connectivity index (χ0) is 29.3. The second kappa shape index (κ2) is 11.0. The van der Waals surface area contributed by atoms with Crippen molar-refractivity contribution < 1.29 is 0 Å². The van der Waals surface area contributed by atoms with Gasteiger partial charge in [0.1, 0.15) is 5.69 Å². The van der Waals surface area contributed by atoms with Gasteiger partial charge in [-0.3, -0.25) is 0 Å². The van der Waals surface area contributed by atoms with Crippen molar-refractivity contribution in [3.63, 3.8) is 0 Å². The summed E-state index contributed by atoms with van der Waals surface area (Å²) in [5.41, 5.74) is 10.2. The van der Waals surface area contributed by atoms with Gasteiger partial charge in [0.25, 0.3) is 0 Å². The third kappa shape index (κ3) is 4.81. The second-order valence-corrected chi connectivity index (χ2v) is 10.9. The van der Waals surface area contributed by atoms with Crippen molar-refractivity contribution in [2.45, 2.75) is 0 Å². The quantitative estimate of drug-likeness (QED) is 0.196. The molecule has 6 aromatic carbocycles. The first kappa shape index (κ1) is 25.8. The van der Waals surface area contributed by atoms with Crippen LogP contribution >= 0.6 is 0 Å². The molecule has 0 aliphatic heterocycles. The lowest BCUT2D eigenvalue weighted by atomic mass is 10.00. The molecule has 0 atom stereocenters. The van der Waals surface area contributed by atoms with Crippen LogP contribution in [0.15, 0.2) is 164 Å². The van der Waals surface area contributed by atoms with Gasteiger partial charge in [0.05, 0.1) is 16.9 Å². The summed E-state index contributed by atoms with van der Waals surface area (Å²) in [7, 11) is 0. The van der Waals surface area contributed by atoms with E-state index in [9.17, 15) is 0 Å². The summed E-state index contributed by atoms with van der Waals surface area (Å²) in [4.78, 5) is 15.4. The number of nitrogens with zero attached hydrogens (tertiary/aromatic N) is 3. The van der Waals surface area contributed by atoms with Crippen LogP contribution in [-0.2, 0) is 0 Å². The molecule has 0 radical (unpaired) electrons. The minimum absolute atomic E-state index is 0.610. The van der Waals surface area contributed by atoms with Gasteiger partial charge in [0.2, 0.25) is 0 Å². The highest BCUT2D eigenvalue weighted by molar-refractivity contribution is 6.10. The van der Waals surface area contributed by atoms with E-state index in [0.29, 0.717) is 5.82 Å². The maximum atomic E-state index is 5.15. The molecule has 0 saturated heterocycles. The van der Waals surface area contributed by atoms with Crippen LogP contribution in [0.5, 0.6) is 0 Å². The summed E-state index contributed by atoms with van der Waals surface area (Å²) in [6.07, 6.45) is 0. The van der Waals surface area contributed by atoms with E-state index in [1.807, 2.05) is 18.2 Å². The predicted octanol–water partition coefficient (Wildman–Crippen LogP) is 10.5. The Labute approximate surface area is 256 Å². The Morgan fingerprint density at radius 3 is 1.25 bits per heavy atom. The molecule has 206 valence electrons. The largest absolute Gasteiger partial charge is 0.244 e. The third-order valence-electron chi connectivity index (χ3n) is 8.12. The van der Waals surface area contributed by atoms with Gasteiger partial charge in [-0.15, -0.1) is 0 Å². The summed E-state index contributed by atoms with van der Waals surface area (Å²) < 4.78 is 0. The Bertz CT molecular complexity index is 2140. The molecule has 0 fully saturated rings. The summed E-state index contributed by atoms with van der Waals surface area (Å²) in [5.74, 6) is 0.610. The summed E-state index contributed by atoms with van der Waals surface area (Å²) >= 11 is 0. The fraction of sp³-hybridized carbons (Fsp3) is 0. The Hall–Kier alpha value is -5.93. The van der Waals surface area contributed by atoms with Gasteiger partial charge >= 0.3 is 0 Å². The maximum Gasteiger partial charge on any atom is 0.179 e. The minimum Gasteiger partial charge on any atom is -0.244 e. The molecule has 0 bridgehead atoms. The Kier molecular flexibility index (Phi) is 6.47. The highest BCUT2D eigenvalue weighted by atomic mass is 14.9. The highest BCUT2D eigenvalue weighted by Gasteiger charge is 2.16. The van der Waals surface area contributed by atoms with Crippen molar-refractivity contribution in [3.05, 3.63) is 164 Å². The van der Waals surface area contributed by atoms with E-state index in [2.05, 4.69) is 146 Å². The number of para-hydroxylation sites is 1. The van der Waals surface area contributed by atoms with Crippen molar-refractivity contribution in [2.75, 3.05) is 0 Å². The molecule has 0 N–H and O–H groups in total. The average molecular weight is 562 g/mol. The SMILES string of the molecule is c1ccc(-c2ccc(-c3cc(-c4ccc(-c5ccccc5)cc4)nc(-c4nc5ccccc5c5ccccc45)n3)cc2)cc1. The summed E-state index contributed by atoms with van der Waals surface area (Å²) in [5, 5.41) is 3.30. The number of pyridine rings is 1. The van der Waals surface area contributed by atoms with Crippen LogP contribution in [0.3, 0.4) is 0 Å². The normalized spacial score (nSPS) is 11.2. The fourth-order valence-corrected chi connectivity index (χ4v) is 5.85. The molecule has 44 heavy (non-hydrogen) atoms. The first-order valence-electron chi connectivity index (χ1n) is 14.8. The second-order valence-electron chi connectivity index (χ2n) is 10.9. The van der Waals surface area contributed by atoms with Crippen LogP contribution in [-0.4, -0.2) is 15.0 Å². The smallest absolute Gasteiger partial charge is 0.179 e. The predicted molar refractivity (Wildman–Crippen MR) is 182 cm³/mol. The van der Waals surface area contributed by atoms with E-state index >= 15 is 0 Å². The molecular formula is C41H27N3. The molecular weight excluding hydrogens is 534 g/mol. The topological polar surface area (TPSA) is 38.7 Å². The van der Waals surface area contributed by atoms with Crippen LogP contribution in [0.25, 0.3) is 78.0 Å². The molecule has 3 heteroatoms. The Morgan fingerprint density at radius 2 is 0.705 bits per heavy atom. The summed E-state index contributed by atoms with van der Waals surface area (Å²) in [6.45, 7) is 0. The molecule has 2 aromatic heterocycles. The van der Waals surface area contributed by atoms with E-state index in [1.54, 1.807) is 0 Å². The van der Waals surface area contributed by atoms with Crippen molar-refractivity contribution in [1.82, 2.24) is 15.0 Å². The van der Waals surface area contributed by atoms with Crippen molar-refractivity contribution in [1.29, 1.82) is 0 Å². The molecule has 0 saturated carbocycles. The van der Waals surface area contributed by atoms with Crippen LogP contribution in [0, 0.1) is 0 Å². The summed E-state index contributed by atoms with van der Waals surface area (Å²) in [6, 6.07) is 56.8. The van der Waals surface area contributed by atoms with E-state index in [4.69, 9.17) is 15.0 Å². The number of benzene rings is 6. The number of fused-ring (bicyclic) bond motifs is 3. The number of rotatable bonds is 5. The average Bonchev–Trinajstić information content (AvgIpc) is 3.12. The number of aromatic nitrogens is 3. The molecule has 0 unspecified atom stereocenters. The monoisotopic (exact) mass is 561 g/mol. The lowest BCUT2D eigenvalue weighted by molar-refractivity contribution is 1.16. The van der Waals surface area contributed by atoms with E-state index in [1.165, 1.54) is 22.3 Å². The Morgan fingerprint density at radius 1 is 0.295 bits per heavy atom. The molecule has 3 nitrogen and oxygen atoms in total. The lowest BCUT2D eigenvalue weighted by Gasteiger charge is -2.13. The van der Waals surface area contributed by atoms with Gasteiger partial charge in [0.15, 0.2) is 5.82 Å². The third-order valence-corrected chi connectivity index (χ3v) is 8.12. The minimum atomic E-state index is 0.610. The zero-order valence-electron chi connectivity index (χ0n) is 23.9. The van der Waals surface area contributed by atoms with Crippen molar-refractivity contribution in [2.24, 2.45) is 0 Å². The molecule has 0 aliphatic carbocycles. The van der Waals surface area contributed by atoms with Crippen LogP contribution < -0.4 is 0 Å². The lowest BCUT2D eigenvalue weighted by Crippen LogP contribution is -1.99. The standard InChI is InChI=1S/C41H27N3/c1-3-11-28(12-4-1)30-19-23-32(24-20-30)38-27-39(33-25-21-31(22-26-33)29-13-5-2-6-14-29)44-41(43-38)40-36-17-8-7-15-34(36)35-16-9-10-18-37(35)42-40/h1-27H. The van der Waals surface area contributed by atoms with Gasteiger partial charge < -0.3 is 0 Å². The van der Waals surface area contributed by atoms with E-state index in [0.717, 1.165) is 49.9 Å². The van der Waals surface area contributed by atoms with Gasteiger partial charge in [-0.2, -0.15) is 0 Å². The first-order chi connectivity index (χ1) is 21.8. The first-order valence-corrected chi connectivity index (χ1v) is 14.8. The molecule has 0 spiro atoms. The van der Waals surface area contributed by atoms with Gasteiger partial charge in [-0.25, -0.2) is 15.0 Å². The van der Waals surface area contributed by atoms with Crippen molar-refractivity contribution >= 4 is 21.7 Å². The van der Waals surface area contributed by atoms with Gasteiger partial charge in [0, 0.05) is 21.9 Å². The number of hydrogen-bond donors (Lipinski definition) is 0. The Balaban J connectivity index is 1.30. The molecule has 0 amide bonds. The molecule has 0 aliphatic rings. The van der Waals surface area contributed by atoms with Crippen molar-refractivity contribution in [3.8, 4) is 56.3 Å².